The monoisotopic (exact) mass is 551 g/mol. The van der Waals surface area contributed by atoms with Crippen molar-refractivity contribution in [2.75, 3.05) is 21.3 Å². The Morgan fingerprint density at radius 3 is 2.18 bits per heavy atom. The Morgan fingerprint density at radius 1 is 0.921 bits per heavy atom. The van der Waals surface area contributed by atoms with Crippen molar-refractivity contribution in [2.24, 2.45) is 11.8 Å². The molecule has 0 fully saturated rings. The van der Waals surface area contributed by atoms with Gasteiger partial charge in [0, 0.05) is 34.0 Å². The zero-order chi connectivity index (χ0) is 27.4. The lowest BCUT2D eigenvalue weighted by Gasteiger charge is -2.38. The molecule has 38 heavy (non-hydrogen) atoms. The molecule has 0 radical (unpaired) electrons. The average molecular weight is 553 g/mol. The number of hydrogen-bond acceptors (Lipinski definition) is 4. The third-order valence-corrected chi connectivity index (χ3v) is 8.18. The number of carbonyl (C=O) groups is 1. The van der Waals surface area contributed by atoms with E-state index >= 15 is 0 Å². The van der Waals surface area contributed by atoms with Crippen LogP contribution in [0.4, 0.5) is 0 Å². The number of halogens is 2. The van der Waals surface area contributed by atoms with E-state index in [2.05, 4.69) is 62.3 Å². The van der Waals surface area contributed by atoms with Gasteiger partial charge in [-0.25, -0.2) is 4.79 Å². The summed E-state index contributed by atoms with van der Waals surface area (Å²) in [6, 6.07) is 13.7. The van der Waals surface area contributed by atoms with Crippen LogP contribution in [0, 0.1) is 11.8 Å². The van der Waals surface area contributed by atoms with Gasteiger partial charge in [-0.05, 0) is 85.5 Å². The summed E-state index contributed by atoms with van der Waals surface area (Å²) in [4.78, 5) is 14.3. The van der Waals surface area contributed by atoms with Crippen molar-refractivity contribution in [2.45, 2.75) is 38.3 Å². The van der Waals surface area contributed by atoms with Gasteiger partial charge in [-0.2, -0.15) is 0 Å². The Balaban J connectivity index is 1.64. The molecule has 2 aliphatic carbocycles. The first-order valence-corrected chi connectivity index (χ1v) is 13.7. The number of carbonyl (C=O) groups excluding carboxylic acids is 1. The Bertz CT molecular complexity index is 1260. The fourth-order valence-corrected chi connectivity index (χ4v) is 5.83. The van der Waals surface area contributed by atoms with Crippen LogP contribution in [0.3, 0.4) is 0 Å². The van der Waals surface area contributed by atoms with Crippen molar-refractivity contribution in [1.29, 1.82) is 0 Å². The van der Waals surface area contributed by atoms with Crippen LogP contribution in [-0.4, -0.2) is 38.2 Å². The molecule has 6 heteroatoms. The van der Waals surface area contributed by atoms with Gasteiger partial charge in [0.1, 0.15) is 5.76 Å². The summed E-state index contributed by atoms with van der Waals surface area (Å²) in [5, 5.41) is 1.30. The molecule has 0 aromatic heterocycles. The predicted molar refractivity (Wildman–Crippen MR) is 156 cm³/mol. The lowest BCUT2D eigenvalue weighted by Crippen LogP contribution is -2.37. The predicted octanol–water partition coefficient (Wildman–Crippen LogP) is 8.16. The summed E-state index contributed by atoms with van der Waals surface area (Å²) in [6.07, 6.45) is 14.3. The highest BCUT2D eigenvalue weighted by atomic mass is 35.5. The number of hydrogen-bond donors (Lipinski definition) is 0. The van der Waals surface area contributed by atoms with E-state index in [0.29, 0.717) is 15.6 Å². The van der Waals surface area contributed by atoms with Crippen LogP contribution in [-0.2, 0) is 9.47 Å². The molecular formula is C32H35Cl2NO3. The number of rotatable bonds is 9. The number of fused-ring (bicyclic) bond motifs is 1. The van der Waals surface area contributed by atoms with Crippen LogP contribution in [0.25, 0.3) is 0 Å². The summed E-state index contributed by atoms with van der Waals surface area (Å²) < 4.78 is 10.3. The SMILES string of the molecule is COC(=O)c1ccc(C(C)N(C)[C@H](C[C@@H](C)c2cc(Cl)cc(Cl)c2)C2=CC3C=CC(OC)=CC3C=C2)cc1. The zero-order valence-corrected chi connectivity index (χ0v) is 24.0. The molecule has 0 spiro atoms. The maximum Gasteiger partial charge on any atom is 0.337 e. The van der Waals surface area contributed by atoms with E-state index in [1.54, 1.807) is 13.2 Å². The molecule has 0 saturated heterocycles. The van der Waals surface area contributed by atoms with E-state index in [9.17, 15) is 4.79 Å². The molecule has 200 valence electrons. The quantitative estimate of drug-likeness (QED) is 0.294. The summed E-state index contributed by atoms with van der Waals surface area (Å²) in [5.41, 5.74) is 4.09. The molecule has 2 aliphatic rings. The summed E-state index contributed by atoms with van der Waals surface area (Å²) in [6.45, 7) is 4.42. The van der Waals surface area contributed by atoms with Crippen LogP contribution in [0.15, 0.2) is 90.3 Å². The minimum atomic E-state index is -0.331. The van der Waals surface area contributed by atoms with Gasteiger partial charge in [0.05, 0.1) is 19.8 Å². The van der Waals surface area contributed by atoms with Crippen molar-refractivity contribution in [3.8, 4) is 0 Å². The highest BCUT2D eigenvalue weighted by Crippen LogP contribution is 2.37. The molecule has 2 aromatic carbocycles. The van der Waals surface area contributed by atoms with Gasteiger partial charge >= 0.3 is 5.97 Å². The third-order valence-electron chi connectivity index (χ3n) is 7.75. The highest BCUT2D eigenvalue weighted by molar-refractivity contribution is 6.34. The van der Waals surface area contributed by atoms with Gasteiger partial charge in [0.2, 0.25) is 0 Å². The molecule has 0 aliphatic heterocycles. The number of nitrogens with zero attached hydrogens (tertiary/aromatic N) is 1. The third kappa shape index (κ3) is 6.43. The van der Waals surface area contributed by atoms with Gasteiger partial charge in [0.25, 0.3) is 0 Å². The molecule has 0 N–H and O–H groups in total. The van der Waals surface area contributed by atoms with Crippen molar-refractivity contribution in [3.05, 3.63) is 117 Å². The summed E-state index contributed by atoms with van der Waals surface area (Å²) in [5.74, 6) is 1.37. The molecule has 0 bridgehead atoms. The van der Waals surface area contributed by atoms with Crippen molar-refractivity contribution in [3.63, 3.8) is 0 Å². The normalized spacial score (nSPS) is 20.7. The lowest BCUT2D eigenvalue weighted by molar-refractivity contribution is 0.0600. The lowest BCUT2D eigenvalue weighted by atomic mass is 9.79. The minimum absolute atomic E-state index is 0.107. The van der Waals surface area contributed by atoms with Gasteiger partial charge in [0.15, 0.2) is 0 Å². The van der Waals surface area contributed by atoms with E-state index in [1.165, 1.54) is 12.7 Å². The first-order valence-electron chi connectivity index (χ1n) is 12.9. The molecule has 4 rings (SSSR count). The van der Waals surface area contributed by atoms with E-state index in [4.69, 9.17) is 32.7 Å². The molecule has 3 unspecified atom stereocenters. The number of benzene rings is 2. The Morgan fingerprint density at radius 2 is 1.55 bits per heavy atom. The topological polar surface area (TPSA) is 38.8 Å². The van der Waals surface area contributed by atoms with Gasteiger partial charge in [-0.1, -0.05) is 66.6 Å². The minimum Gasteiger partial charge on any atom is -0.497 e. The fraction of sp³-hybridized carbons (Fsp3) is 0.344. The van der Waals surface area contributed by atoms with Gasteiger partial charge < -0.3 is 9.47 Å². The number of allylic oxidation sites excluding steroid dienone is 5. The zero-order valence-electron chi connectivity index (χ0n) is 22.5. The fourth-order valence-electron chi connectivity index (χ4n) is 5.29. The number of esters is 1. The van der Waals surface area contributed by atoms with Gasteiger partial charge in [-0.15, -0.1) is 0 Å². The number of ether oxygens (including phenoxy) is 2. The van der Waals surface area contributed by atoms with Crippen LogP contribution < -0.4 is 0 Å². The Labute approximate surface area is 236 Å². The smallest absolute Gasteiger partial charge is 0.337 e. The van der Waals surface area contributed by atoms with Crippen LogP contribution in [0.5, 0.6) is 0 Å². The molecule has 0 amide bonds. The molecule has 5 atom stereocenters. The largest absolute Gasteiger partial charge is 0.497 e. The summed E-state index contributed by atoms with van der Waals surface area (Å²) >= 11 is 12.7. The second-order valence-electron chi connectivity index (χ2n) is 10.1. The maximum atomic E-state index is 11.9. The maximum absolute atomic E-state index is 11.9. The van der Waals surface area contributed by atoms with E-state index in [0.717, 1.165) is 23.3 Å². The van der Waals surface area contributed by atoms with E-state index < -0.39 is 0 Å². The standard InChI is InChI=1S/C32H35Cl2NO3/c1-20(27-16-28(33)19-29(34)17-27)14-31(26-11-10-25-18-30(37-4)13-12-24(25)15-26)35(3)21(2)22-6-8-23(9-7-22)32(36)38-5/h6-13,15-21,24-25,31H,14H2,1-5H3/t20-,21?,24?,25?,31-/m1/s1. The van der Waals surface area contributed by atoms with Crippen LogP contribution in [0.2, 0.25) is 10.0 Å². The number of methoxy groups -OCH3 is 2. The molecule has 0 saturated carbocycles. The summed E-state index contributed by atoms with van der Waals surface area (Å²) in [7, 11) is 5.27. The molecule has 4 nitrogen and oxygen atoms in total. The van der Waals surface area contributed by atoms with E-state index in [1.807, 2.05) is 36.4 Å². The number of likely N-dealkylation sites (N-methyl/N-ethyl adjacent to an activating group) is 1. The molecule has 0 heterocycles. The van der Waals surface area contributed by atoms with Crippen molar-refractivity contribution < 1.29 is 14.3 Å². The van der Waals surface area contributed by atoms with Crippen LogP contribution >= 0.6 is 23.2 Å². The van der Waals surface area contributed by atoms with Crippen molar-refractivity contribution >= 4 is 29.2 Å². The molecule has 2 aromatic rings. The Kier molecular flexibility index (Phi) is 9.19. The van der Waals surface area contributed by atoms with E-state index in [-0.39, 0.29) is 35.8 Å². The first-order chi connectivity index (χ1) is 18.2. The van der Waals surface area contributed by atoms with Gasteiger partial charge in [-0.3, -0.25) is 4.90 Å². The Hall–Kier alpha value is -2.79. The average Bonchev–Trinajstić information content (AvgIpc) is 2.93. The second-order valence-corrected chi connectivity index (χ2v) is 11.0. The highest BCUT2D eigenvalue weighted by Gasteiger charge is 2.30. The first kappa shape index (κ1) is 28.2. The second kappa shape index (κ2) is 12.4. The molecular weight excluding hydrogens is 517 g/mol. The van der Waals surface area contributed by atoms with Crippen LogP contribution in [0.1, 0.15) is 53.7 Å². The van der Waals surface area contributed by atoms with Crippen molar-refractivity contribution in [1.82, 2.24) is 4.90 Å².